The normalized spacial score (nSPS) is 13.9. The highest BCUT2D eigenvalue weighted by molar-refractivity contribution is 5.87. The molecule has 0 fully saturated rings. The van der Waals surface area contributed by atoms with Crippen LogP contribution >= 0.6 is 12.4 Å². The van der Waals surface area contributed by atoms with Crippen LogP contribution in [0.25, 0.3) is 27.8 Å². The molecule has 33 heavy (non-hydrogen) atoms. The van der Waals surface area contributed by atoms with Crippen molar-refractivity contribution in [3.05, 3.63) is 76.2 Å². The Hall–Kier alpha value is -3.17. The first kappa shape index (κ1) is 23.0. The first-order valence-corrected chi connectivity index (χ1v) is 10.3. The van der Waals surface area contributed by atoms with Crippen molar-refractivity contribution in [2.24, 2.45) is 7.05 Å². The van der Waals surface area contributed by atoms with Gasteiger partial charge in [0.1, 0.15) is 5.69 Å². The fourth-order valence-electron chi connectivity index (χ4n) is 4.29. The highest BCUT2D eigenvalue weighted by atomic mass is 35.5. The zero-order valence-electron chi connectivity index (χ0n) is 17.7. The van der Waals surface area contributed by atoms with Gasteiger partial charge in [-0.25, -0.2) is 4.79 Å². The van der Waals surface area contributed by atoms with Gasteiger partial charge in [0.2, 0.25) is 0 Å². The molecule has 1 aliphatic rings. The molecule has 0 saturated heterocycles. The molecule has 0 radical (unpaired) electrons. The Morgan fingerprint density at radius 2 is 1.94 bits per heavy atom. The zero-order valence-corrected chi connectivity index (χ0v) is 18.5. The zero-order chi connectivity index (χ0) is 22.5. The topological polar surface area (TPSA) is 64.7 Å². The predicted molar refractivity (Wildman–Crippen MR) is 122 cm³/mol. The molecule has 172 valence electrons. The third kappa shape index (κ3) is 4.14. The number of benzene rings is 1. The van der Waals surface area contributed by atoms with Gasteiger partial charge in [-0.15, -0.1) is 12.4 Å². The number of nitrogens with one attached hydrogen (secondary N) is 1. The molecule has 0 atom stereocenters. The van der Waals surface area contributed by atoms with E-state index in [1.54, 1.807) is 12.3 Å². The van der Waals surface area contributed by atoms with Crippen LogP contribution in [0.3, 0.4) is 0 Å². The summed E-state index contributed by atoms with van der Waals surface area (Å²) in [6.45, 7) is 1.82. The van der Waals surface area contributed by atoms with Crippen LogP contribution < -0.4 is 11.0 Å². The smallest absolute Gasteiger partial charge is 0.347 e. The molecule has 1 N–H and O–H groups in total. The number of pyridine rings is 1. The maximum atomic E-state index is 12.7. The summed E-state index contributed by atoms with van der Waals surface area (Å²) in [5.74, 6) is 0. The predicted octanol–water partition coefficient (Wildman–Crippen LogP) is 4.26. The molecule has 0 spiro atoms. The molecule has 3 aromatic heterocycles. The van der Waals surface area contributed by atoms with E-state index in [4.69, 9.17) is 0 Å². The van der Waals surface area contributed by atoms with Gasteiger partial charge in [-0.1, -0.05) is 6.07 Å². The molecule has 6 nitrogen and oxygen atoms in total. The van der Waals surface area contributed by atoms with Crippen molar-refractivity contribution in [1.29, 1.82) is 0 Å². The Kier molecular flexibility index (Phi) is 6.02. The van der Waals surface area contributed by atoms with Crippen molar-refractivity contribution >= 4 is 23.3 Å². The first-order valence-electron chi connectivity index (χ1n) is 10.3. The number of fused-ring (bicyclic) bond motifs is 3. The van der Waals surface area contributed by atoms with E-state index in [-0.39, 0.29) is 18.1 Å². The molecule has 1 aromatic carbocycles. The number of aryl methyl sites for hydroxylation is 1. The highest BCUT2D eigenvalue weighted by Gasteiger charge is 2.32. The van der Waals surface area contributed by atoms with Gasteiger partial charge in [-0.3, -0.25) is 9.55 Å². The second kappa shape index (κ2) is 8.64. The van der Waals surface area contributed by atoms with Gasteiger partial charge in [0.15, 0.2) is 0 Å². The summed E-state index contributed by atoms with van der Waals surface area (Å²) in [6, 6.07) is 9.61. The molecule has 4 aromatic rings. The van der Waals surface area contributed by atoms with E-state index in [9.17, 15) is 18.0 Å². The molecule has 4 heterocycles. The second-order valence-electron chi connectivity index (χ2n) is 7.86. The van der Waals surface area contributed by atoms with Crippen LogP contribution in [0.2, 0.25) is 0 Å². The SMILES string of the molecule is Cl.Cn1c2c(c3ccc(-n4ccc(-c5ccc(C(F)(F)F)nc5)nc4=O)cc31)CNCCC2. The third-order valence-corrected chi connectivity index (χ3v) is 5.92. The molecular weight excluding hydrogens is 455 g/mol. The molecule has 0 amide bonds. The lowest BCUT2D eigenvalue weighted by Crippen LogP contribution is -2.21. The van der Waals surface area contributed by atoms with Gasteiger partial charge in [0, 0.05) is 42.6 Å². The summed E-state index contributed by atoms with van der Waals surface area (Å²) in [6.07, 6.45) is 0.221. The monoisotopic (exact) mass is 475 g/mol. The Balaban J connectivity index is 0.00000259. The first-order chi connectivity index (χ1) is 15.3. The summed E-state index contributed by atoms with van der Waals surface area (Å²) in [4.78, 5) is 20.2. The lowest BCUT2D eigenvalue weighted by Gasteiger charge is -2.09. The lowest BCUT2D eigenvalue weighted by molar-refractivity contribution is -0.141. The van der Waals surface area contributed by atoms with E-state index in [1.807, 2.05) is 25.2 Å². The van der Waals surface area contributed by atoms with Crippen LogP contribution in [0, 0.1) is 0 Å². The number of halogens is 4. The number of hydrogen-bond acceptors (Lipinski definition) is 4. The molecule has 0 aliphatic carbocycles. The van der Waals surface area contributed by atoms with Crippen LogP contribution in [0.5, 0.6) is 0 Å². The molecule has 0 unspecified atom stereocenters. The number of hydrogen-bond donors (Lipinski definition) is 1. The van der Waals surface area contributed by atoms with Gasteiger partial charge in [-0.05, 0) is 55.3 Å². The lowest BCUT2D eigenvalue weighted by atomic mass is 10.1. The molecule has 0 saturated carbocycles. The van der Waals surface area contributed by atoms with Gasteiger partial charge in [-0.2, -0.15) is 18.2 Å². The van der Waals surface area contributed by atoms with Crippen LogP contribution in [-0.4, -0.2) is 25.6 Å². The maximum Gasteiger partial charge on any atom is 0.433 e. The molecular formula is C23H21ClF3N5O. The maximum absolute atomic E-state index is 12.7. The fraction of sp³-hybridized carbons (Fsp3) is 0.261. The minimum Gasteiger partial charge on any atom is -0.347 e. The molecule has 10 heteroatoms. The van der Waals surface area contributed by atoms with Crippen molar-refractivity contribution in [2.45, 2.75) is 25.6 Å². The third-order valence-electron chi connectivity index (χ3n) is 5.92. The van der Waals surface area contributed by atoms with E-state index < -0.39 is 17.6 Å². The van der Waals surface area contributed by atoms with Crippen molar-refractivity contribution < 1.29 is 13.2 Å². The average molecular weight is 476 g/mol. The van der Waals surface area contributed by atoms with Crippen LogP contribution in [0.15, 0.2) is 53.6 Å². The van der Waals surface area contributed by atoms with Gasteiger partial charge < -0.3 is 9.88 Å². The van der Waals surface area contributed by atoms with E-state index in [1.165, 1.54) is 21.9 Å². The van der Waals surface area contributed by atoms with Crippen molar-refractivity contribution in [3.63, 3.8) is 0 Å². The quantitative estimate of drug-likeness (QED) is 0.470. The van der Waals surface area contributed by atoms with Crippen LogP contribution in [0.4, 0.5) is 13.2 Å². The van der Waals surface area contributed by atoms with Gasteiger partial charge >= 0.3 is 11.9 Å². The number of nitrogens with zero attached hydrogens (tertiary/aromatic N) is 4. The summed E-state index contributed by atoms with van der Waals surface area (Å²) in [5, 5.41) is 4.61. The number of rotatable bonds is 2. The van der Waals surface area contributed by atoms with Crippen molar-refractivity contribution in [3.8, 4) is 16.9 Å². The van der Waals surface area contributed by atoms with E-state index >= 15 is 0 Å². The summed E-state index contributed by atoms with van der Waals surface area (Å²) in [7, 11) is 2.04. The van der Waals surface area contributed by atoms with E-state index in [0.717, 1.165) is 49.1 Å². The number of alkyl halides is 3. The Labute approximate surface area is 193 Å². The summed E-state index contributed by atoms with van der Waals surface area (Å²) in [5.41, 5.74) is 3.43. The Bertz CT molecular complexity index is 1380. The largest absolute Gasteiger partial charge is 0.433 e. The standard InChI is InChI=1S/C23H20F3N5O.ClH/c1-30-19-3-2-9-27-13-17(19)16-6-5-15(11-20(16)30)31-10-8-18(29-22(31)32)14-4-7-21(28-12-14)23(24,25)26;/h4-8,10-12,27H,2-3,9,13H2,1H3;1H. The molecule has 1 aliphatic heterocycles. The Morgan fingerprint density at radius 1 is 1.12 bits per heavy atom. The molecule has 0 bridgehead atoms. The number of aromatic nitrogens is 4. The van der Waals surface area contributed by atoms with Crippen LogP contribution in [0.1, 0.15) is 23.4 Å². The van der Waals surface area contributed by atoms with Crippen molar-refractivity contribution in [2.75, 3.05) is 6.54 Å². The summed E-state index contributed by atoms with van der Waals surface area (Å²) < 4.78 is 41.8. The summed E-state index contributed by atoms with van der Waals surface area (Å²) >= 11 is 0. The molecule has 5 rings (SSSR count). The fourth-order valence-corrected chi connectivity index (χ4v) is 4.29. The average Bonchev–Trinajstić information content (AvgIpc) is 2.93. The van der Waals surface area contributed by atoms with Crippen molar-refractivity contribution in [1.82, 2.24) is 24.4 Å². The minimum atomic E-state index is -4.51. The van der Waals surface area contributed by atoms with Crippen LogP contribution in [-0.2, 0) is 26.2 Å². The Morgan fingerprint density at radius 3 is 2.64 bits per heavy atom. The van der Waals surface area contributed by atoms with Gasteiger partial charge in [0.05, 0.1) is 16.9 Å². The highest BCUT2D eigenvalue weighted by Crippen LogP contribution is 2.30. The van der Waals surface area contributed by atoms with E-state index in [2.05, 4.69) is 19.9 Å². The van der Waals surface area contributed by atoms with E-state index in [0.29, 0.717) is 11.3 Å². The van der Waals surface area contributed by atoms with Gasteiger partial charge in [0.25, 0.3) is 0 Å². The second-order valence-corrected chi connectivity index (χ2v) is 7.86. The minimum absolute atomic E-state index is 0.